The lowest BCUT2D eigenvalue weighted by Gasteiger charge is -2.41. The number of rotatable bonds is 20. The van der Waals surface area contributed by atoms with Crippen molar-refractivity contribution in [1.82, 2.24) is 0 Å². The highest BCUT2D eigenvalue weighted by atomic mass is 31.2. The van der Waals surface area contributed by atoms with Crippen LogP contribution in [0.3, 0.4) is 0 Å². The number of ether oxygens (including phenoxy) is 2. The van der Waals surface area contributed by atoms with Crippen molar-refractivity contribution >= 4 is 19.8 Å². The molecule has 0 aromatic carbocycles. The van der Waals surface area contributed by atoms with Crippen molar-refractivity contribution in [3.63, 3.8) is 0 Å². The highest BCUT2D eigenvalue weighted by Crippen LogP contribution is 2.47. The third-order valence-corrected chi connectivity index (χ3v) is 7.43. The number of hydrogen-bond acceptors (Lipinski definition) is 12. The Morgan fingerprint density at radius 3 is 1.67 bits per heavy atom. The molecule has 13 nitrogen and oxygen atoms in total. The number of aliphatic hydroxyl groups is 5. The lowest BCUT2D eigenvalue weighted by Crippen LogP contribution is -2.64. The van der Waals surface area contributed by atoms with Gasteiger partial charge in [0.15, 0.2) is 6.10 Å². The van der Waals surface area contributed by atoms with Crippen molar-refractivity contribution in [1.29, 1.82) is 0 Å². The average Bonchev–Trinajstić information content (AvgIpc) is 2.90. The van der Waals surface area contributed by atoms with E-state index in [4.69, 9.17) is 18.5 Å². The van der Waals surface area contributed by atoms with Crippen molar-refractivity contribution < 1.29 is 63.1 Å². The Labute approximate surface area is 230 Å². The summed E-state index contributed by atoms with van der Waals surface area (Å²) in [4.78, 5) is 34.5. The van der Waals surface area contributed by atoms with E-state index in [0.717, 1.165) is 51.4 Å². The Balaban J connectivity index is 2.70. The summed E-state index contributed by atoms with van der Waals surface area (Å²) in [6.45, 7) is 2.98. The van der Waals surface area contributed by atoms with E-state index in [9.17, 15) is 44.6 Å². The van der Waals surface area contributed by atoms with Crippen LogP contribution in [0.4, 0.5) is 0 Å². The first kappa shape index (κ1) is 35.9. The second-order valence-corrected chi connectivity index (χ2v) is 11.3. The Kier molecular flexibility index (Phi) is 17.5. The molecule has 1 aliphatic rings. The monoisotopic (exact) mass is 586 g/mol. The number of esters is 2. The van der Waals surface area contributed by atoms with Crippen LogP contribution in [0.25, 0.3) is 0 Å². The molecule has 0 aromatic rings. The molecular formula is C25H47O13P. The molecule has 1 saturated carbocycles. The molecular weight excluding hydrogens is 539 g/mol. The first-order valence-electron chi connectivity index (χ1n) is 13.8. The zero-order valence-electron chi connectivity index (χ0n) is 22.9. The third-order valence-electron chi connectivity index (χ3n) is 6.45. The van der Waals surface area contributed by atoms with Crippen LogP contribution in [-0.4, -0.2) is 98.3 Å². The molecule has 0 heterocycles. The van der Waals surface area contributed by atoms with Crippen LogP contribution < -0.4 is 0 Å². The van der Waals surface area contributed by atoms with E-state index in [0.29, 0.717) is 12.8 Å². The van der Waals surface area contributed by atoms with Crippen molar-refractivity contribution in [2.75, 3.05) is 13.2 Å². The molecule has 0 aliphatic heterocycles. The van der Waals surface area contributed by atoms with Gasteiger partial charge in [0, 0.05) is 12.8 Å². The second kappa shape index (κ2) is 19.1. The van der Waals surface area contributed by atoms with Gasteiger partial charge in [-0.3, -0.25) is 18.6 Å². The molecule has 3 unspecified atom stereocenters. The zero-order valence-corrected chi connectivity index (χ0v) is 23.8. The molecule has 0 spiro atoms. The summed E-state index contributed by atoms with van der Waals surface area (Å²) < 4.78 is 32.6. The Bertz CT molecular complexity index is 735. The van der Waals surface area contributed by atoms with Gasteiger partial charge in [-0.05, 0) is 12.8 Å². The summed E-state index contributed by atoms with van der Waals surface area (Å²) in [5.41, 5.74) is 0. The van der Waals surface area contributed by atoms with Crippen molar-refractivity contribution in [3.05, 3.63) is 0 Å². The summed E-state index contributed by atoms with van der Waals surface area (Å²) in [6, 6.07) is 0. The van der Waals surface area contributed by atoms with E-state index in [1.807, 2.05) is 0 Å². The van der Waals surface area contributed by atoms with E-state index < -0.39 is 75.7 Å². The van der Waals surface area contributed by atoms with Crippen LogP contribution in [0.1, 0.15) is 90.9 Å². The average molecular weight is 587 g/mol. The summed E-state index contributed by atoms with van der Waals surface area (Å²) in [5, 5.41) is 49.3. The van der Waals surface area contributed by atoms with Crippen LogP contribution in [-0.2, 0) is 32.7 Å². The molecule has 6 N–H and O–H groups in total. The van der Waals surface area contributed by atoms with Gasteiger partial charge in [-0.1, -0.05) is 65.2 Å². The molecule has 8 atom stereocenters. The highest BCUT2D eigenvalue weighted by Gasteiger charge is 2.51. The van der Waals surface area contributed by atoms with Gasteiger partial charge in [0.05, 0.1) is 6.61 Å². The van der Waals surface area contributed by atoms with E-state index in [1.165, 1.54) is 0 Å². The van der Waals surface area contributed by atoms with Gasteiger partial charge in [0.25, 0.3) is 0 Å². The van der Waals surface area contributed by atoms with Gasteiger partial charge in [0.2, 0.25) is 0 Å². The van der Waals surface area contributed by atoms with Crippen molar-refractivity contribution in [3.8, 4) is 0 Å². The molecule has 39 heavy (non-hydrogen) atoms. The minimum Gasteiger partial charge on any atom is -0.462 e. The number of hydrogen-bond donors (Lipinski definition) is 6. The highest BCUT2D eigenvalue weighted by molar-refractivity contribution is 7.47. The first-order valence-corrected chi connectivity index (χ1v) is 15.3. The molecule has 1 rings (SSSR count). The van der Waals surface area contributed by atoms with Gasteiger partial charge >= 0.3 is 19.8 Å². The maximum Gasteiger partial charge on any atom is 0.472 e. The van der Waals surface area contributed by atoms with Crippen molar-refractivity contribution in [2.24, 2.45) is 0 Å². The summed E-state index contributed by atoms with van der Waals surface area (Å²) in [7, 11) is -5.07. The SMILES string of the molecule is CCCCCCCC(=O)OC[C@@H](COP(=O)(O)OC1[C@@H](O)[C@H](O)C(O)[C@H](O)[C@@H]1O)OC(=O)CCCCCCC. The van der Waals surface area contributed by atoms with Crippen LogP contribution in [0.2, 0.25) is 0 Å². The van der Waals surface area contributed by atoms with Gasteiger partial charge in [0.1, 0.15) is 43.2 Å². The van der Waals surface area contributed by atoms with Crippen LogP contribution >= 0.6 is 7.82 Å². The van der Waals surface area contributed by atoms with E-state index in [-0.39, 0.29) is 12.8 Å². The fourth-order valence-electron chi connectivity index (χ4n) is 4.05. The molecule has 0 saturated heterocycles. The number of unbranched alkanes of at least 4 members (excludes halogenated alkanes) is 8. The Hall–Kier alpha value is -1.15. The molecule has 1 aliphatic carbocycles. The van der Waals surface area contributed by atoms with Crippen LogP contribution in [0, 0.1) is 0 Å². The van der Waals surface area contributed by atoms with E-state index in [2.05, 4.69) is 13.8 Å². The molecule has 230 valence electrons. The first-order chi connectivity index (χ1) is 18.4. The number of carbonyl (C=O) groups is 2. The quantitative estimate of drug-likeness (QED) is 0.0679. The summed E-state index contributed by atoms with van der Waals surface area (Å²) in [5.74, 6) is -1.13. The van der Waals surface area contributed by atoms with E-state index >= 15 is 0 Å². The number of aliphatic hydroxyl groups excluding tert-OH is 5. The number of phosphoric ester groups is 1. The maximum atomic E-state index is 12.5. The van der Waals surface area contributed by atoms with Gasteiger partial charge < -0.3 is 39.9 Å². The largest absolute Gasteiger partial charge is 0.472 e. The Morgan fingerprint density at radius 1 is 0.692 bits per heavy atom. The summed E-state index contributed by atoms with van der Waals surface area (Å²) in [6.07, 6.45) is -3.78. The van der Waals surface area contributed by atoms with Crippen molar-refractivity contribution in [2.45, 2.75) is 134 Å². The van der Waals surface area contributed by atoms with Gasteiger partial charge in [-0.2, -0.15) is 0 Å². The lowest BCUT2D eigenvalue weighted by molar-refractivity contribution is -0.220. The molecule has 14 heteroatoms. The maximum absolute atomic E-state index is 12.5. The molecule has 0 aromatic heterocycles. The fraction of sp³-hybridized carbons (Fsp3) is 0.920. The number of carbonyl (C=O) groups excluding carboxylic acids is 2. The fourth-order valence-corrected chi connectivity index (χ4v) is 5.02. The lowest BCUT2D eigenvalue weighted by atomic mass is 9.85. The molecule has 0 bridgehead atoms. The summed E-state index contributed by atoms with van der Waals surface area (Å²) >= 11 is 0. The van der Waals surface area contributed by atoms with Gasteiger partial charge in [-0.15, -0.1) is 0 Å². The second-order valence-electron chi connectivity index (χ2n) is 9.91. The zero-order chi connectivity index (χ0) is 29.4. The molecule has 0 radical (unpaired) electrons. The topological polar surface area (TPSA) is 210 Å². The van der Waals surface area contributed by atoms with Gasteiger partial charge in [-0.25, -0.2) is 4.57 Å². The third kappa shape index (κ3) is 13.8. The van der Waals surface area contributed by atoms with Crippen LogP contribution in [0.5, 0.6) is 0 Å². The standard InChI is InChI=1S/C25H47O13P/c1-3-5-7-9-11-13-18(26)35-15-17(37-19(27)14-12-10-8-6-4-2)16-36-39(33,34)38-25-23(31)21(29)20(28)22(30)24(25)32/h17,20-25,28-32H,3-16H2,1-2H3,(H,33,34)/t17-,20?,21-,22+,23-,24-,25?/m0/s1. The predicted octanol–water partition coefficient (Wildman–Crippen LogP) is 1.48. The minimum atomic E-state index is -5.07. The Morgan fingerprint density at radius 2 is 1.15 bits per heavy atom. The number of phosphoric acid groups is 1. The minimum absolute atomic E-state index is 0.0947. The molecule has 0 amide bonds. The normalized spacial score (nSPS) is 27.5. The molecule has 1 fully saturated rings. The van der Waals surface area contributed by atoms with E-state index in [1.54, 1.807) is 0 Å². The smallest absolute Gasteiger partial charge is 0.462 e. The van der Waals surface area contributed by atoms with Crippen LogP contribution in [0.15, 0.2) is 0 Å². The predicted molar refractivity (Wildman–Crippen MR) is 138 cm³/mol.